The van der Waals surface area contributed by atoms with Crippen molar-refractivity contribution in [1.29, 1.82) is 5.26 Å². The van der Waals surface area contributed by atoms with Crippen LogP contribution in [0.5, 0.6) is 0 Å². The first kappa shape index (κ1) is 12.5. The van der Waals surface area contributed by atoms with Gasteiger partial charge in [-0.2, -0.15) is 5.26 Å². The minimum atomic E-state index is 0.295. The van der Waals surface area contributed by atoms with Crippen LogP contribution in [-0.2, 0) is 6.42 Å². The van der Waals surface area contributed by atoms with Crippen LogP contribution >= 0.6 is 0 Å². The summed E-state index contributed by atoms with van der Waals surface area (Å²) in [6.07, 6.45) is 9.01. The van der Waals surface area contributed by atoms with Crippen LogP contribution in [0.25, 0.3) is 0 Å². The topological polar surface area (TPSA) is 23.8 Å². The fraction of sp³-hybridized carbons (Fsp3) is 0.632. The lowest BCUT2D eigenvalue weighted by atomic mass is 9.43. The molecule has 0 unspecified atom stereocenters. The summed E-state index contributed by atoms with van der Waals surface area (Å²) in [5.74, 6) is 3.61. The highest BCUT2D eigenvalue weighted by molar-refractivity contribution is 5.20. The van der Waals surface area contributed by atoms with Crippen LogP contribution in [0.3, 0.4) is 0 Å². The van der Waals surface area contributed by atoms with Gasteiger partial charge in [-0.1, -0.05) is 30.3 Å². The van der Waals surface area contributed by atoms with Gasteiger partial charge in [0, 0.05) is 6.42 Å². The van der Waals surface area contributed by atoms with E-state index in [9.17, 15) is 5.26 Å². The van der Waals surface area contributed by atoms with Gasteiger partial charge in [0.25, 0.3) is 0 Å². The van der Waals surface area contributed by atoms with Crippen LogP contribution in [0.1, 0.15) is 44.1 Å². The minimum Gasteiger partial charge on any atom is -0.198 e. The Labute approximate surface area is 122 Å². The molecular formula is C19H23N. The smallest absolute Gasteiger partial charge is 0.0627 e. The van der Waals surface area contributed by atoms with Crippen molar-refractivity contribution in [2.75, 3.05) is 0 Å². The van der Waals surface area contributed by atoms with E-state index in [-0.39, 0.29) is 0 Å². The molecule has 0 atom stereocenters. The Balaban J connectivity index is 1.68. The fourth-order valence-corrected chi connectivity index (χ4v) is 5.89. The van der Waals surface area contributed by atoms with Crippen LogP contribution in [0.15, 0.2) is 30.3 Å². The highest BCUT2D eigenvalue weighted by Gasteiger charge is 2.56. The van der Waals surface area contributed by atoms with E-state index in [0.717, 1.165) is 36.5 Å². The van der Waals surface area contributed by atoms with Crippen LogP contribution in [0.2, 0.25) is 0 Å². The largest absolute Gasteiger partial charge is 0.198 e. The molecule has 1 nitrogen and oxygen atoms in total. The standard InChI is InChI=1S/C19H23N/c20-7-6-19(13-14-4-2-1-3-5-14)17-9-15-8-16(11-17)12-18(19)10-15/h1-5,15-18H,6,8-13H2. The highest BCUT2D eigenvalue weighted by atomic mass is 14.6. The average Bonchev–Trinajstić information content (AvgIpc) is 2.45. The van der Waals surface area contributed by atoms with Gasteiger partial charge in [-0.05, 0) is 73.2 Å². The molecule has 4 saturated carbocycles. The zero-order valence-electron chi connectivity index (χ0n) is 12.1. The SMILES string of the molecule is N#CCC1(Cc2ccccc2)C2CC3CC(C2)CC1C3. The van der Waals surface area contributed by atoms with E-state index in [2.05, 4.69) is 36.4 Å². The molecule has 0 heterocycles. The molecule has 4 fully saturated rings. The first-order valence-corrected chi connectivity index (χ1v) is 8.21. The maximum Gasteiger partial charge on any atom is 0.0627 e. The van der Waals surface area contributed by atoms with E-state index in [1.165, 1.54) is 37.7 Å². The Kier molecular flexibility index (Phi) is 2.88. The van der Waals surface area contributed by atoms with E-state index in [0.29, 0.717) is 5.41 Å². The molecule has 1 aromatic rings. The Morgan fingerprint density at radius 1 is 0.950 bits per heavy atom. The molecule has 1 heteroatoms. The van der Waals surface area contributed by atoms with Crippen molar-refractivity contribution in [2.24, 2.45) is 29.1 Å². The average molecular weight is 265 g/mol. The molecule has 1 aromatic carbocycles. The number of hydrogen-bond donors (Lipinski definition) is 0. The van der Waals surface area contributed by atoms with Crippen LogP contribution in [-0.4, -0.2) is 0 Å². The van der Waals surface area contributed by atoms with Gasteiger partial charge >= 0.3 is 0 Å². The zero-order valence-corrected chi connectivity index (χ0v) is 12.1. The van der Waals surface area contributed by atoms with Gasteiger partial charge in [0.05, 0.1) is 6.07 Å². The lowest BCUT2D eigenvalue weighted by molar-refractivity contribution is -0.106. The molecule has 0 radical (unpaired) electrons. The van der Waals surface area contributed by atoms with Gasteiger partial charge in [-0.25, -0.2) is 0 Å². The monoisotopic (exact) mass is 265 g/mol. The van der Waals surface area contributed by atoms with Crippen molar-refractivity contribution >= 4 is 0 Å². The molecule has 4 aliphatic rings. The number of nitriles is 1. The first-order chi connectivity index (χ1) is 9.80. The van der Waals surface area contributed by atoms with Crippen LogP contribution in [0, 0.1) is 40.4 Å². The summed E-state index contributed by atoms with van der Waals surface area (Å²) < 4.78 is 0. The summed E-state index contributed by atoms with van der Waals surface area (Å²) in [6.45, 7) is 0. The second-order valence-corrected chi connectivity index (χ2v) is 7.53. The second-order valence-electron chi connectivity index (χ2n) is 7.53. The summed E-state index contributed by atoms with van der Waals surface area (Å²) in [7, 11) is 0. The molecule has 20 heavy (non-hydrogen) atoms. The first-order valence-electron chi connectivity index (χ1n) is 8.21. The van der Waals surface area contributed by atoms with Crippen molar-refractivity contribution in [1.82, 2.24) is 0 Å². The van der Waals surface area contributed by atoms with Gasteiger partial charge < -0.3 is 0 Å². The lowest BCUT2D eigenvalue weighted by Gasteiger charge is -2.61. The Morgan fingerprint density at radius 2 is 1.55 bits per heavy atom. The minimum absolute atomic E-state index is 0.295. The molecule has 0 aliphatic heterocycles. The maximum absolute atomic E-state index is 9.44. The van der Waals surface area contributed by atoms with Crippen molar-refractivity contribution in [2.45, 2.75) is 44.9 Å². The molecule has 0 amide bonds. The Hall–Kier alpha value is -1.29. The second kappa shape index (κ2) is 4.62. The quantitative estimate of drug-likeness (QED) is 0.784. The van der Waals surface area contributed by atoms with Gasteiger partial charge in [0.2, 0.25) is 0 Å². The number of rotatable bonds is 3. The fourth-order valence-electron chi connectivity index (χ4n) is 5.89. The number of hydrogen-bond acceptors (Lipinski definition) is 1. The predicted octanol–water partition coefficient (Wildman–Crippen LogP) is 4.59. The molecule has 0 saturated heterocycles. The number of benzene rings is 1. The molecule has 5 rings (SSSR count). The van der Waals surface area contributed by atoms with Crippen molar-refractivity contribution in [3.8, 4) is 6.07 Å². The molecule has 0 N–H and O–H groups in total. The lowest BCUT2D eigenvalue weighted by Crippen LogP contribution is -2.53. The third-order valence-electron chi connectivity index (χ3n) is 6.55. The van der Waals surface area contributed by atoms with E-state index < -0.39 is 0 Å². The summed E-state index contributed by atoms with van der Waals surface area (Å²) >= 11 is 0. The molecule has 0 spiro atoms. The molecule has 4 bridgehead atoms. The van der Waals surface area contributed by atoms with Crippen molar-refractivity contribution < 1.29 is 0 Å². The summed E-state index contributed by atoms with van der Waals surface area (Å²) in [4.78, 5) is 0. The van der Waals surface area contributed by atoms with Gasteiger partial charge in [-0.3, -0.25) is 0 Å². The third-order valence-corrected chi connectivity index (χ3v) is 6.55. The van der Waals surface area contributed by atoms with E-state index >= 15 is 0 Å². The Morgan fingerprint density at radius 3 is 2.10 bits per heavy atom. The maximum atomic E-state index is 9.44. The van der Waals surface area contributed by atoms with Crippen molar-refractivity contribution in [3.05, 3.63) is 35.9 Å². The molecular weight excluding hydrogens is 242 g/mol. The van der Waals surface area contributed by atoms with E-state index in [1.807, 2.05) is 0 Å². The Bertz CT molecular complexity index is 496. The van der Waals surface area contributed by atoms with E-state index in [4.69, 9.17) is 0 Å². The van der Waals surface area contributed by atoms with Gasteiger partial charge in [0.15, 0.2) is 0 Å². The summed E-state index contributed by atoms with van der Waals surface area (Å²) in [6, 6.07) is 13.4. The van der Waals surface area contributed by atoms with Gasteiger partial charge in [0.1, 0.15) is 0 Å². The van der Waals surface area contributed by atoms with E-state index in [1.54, 1.807) is 0 Å². The number of nitrogens with zero attached hydrogens (tertiary/aromatic N) is 1. The molecule has 4 aliphatic carbocycles. The van der Waals surface area contributed by atoms with Crippen LogP contribution in [0.4, 0.5) is 0 Å². The zero-order chi connectivity index (χ0) is 13.6. The van der Waals surface area contributed by atoms with Gasteiger partial charge in [-0.15, -0.1) is 0 Å². The third kappa shape index (κ3) is 1.81. The summed E-state index contributed by atoms with van der Waals surface area (Å²) in [5.41, 5.74) is 1.74. The molecule has 0 aromatic heterocycles. The van der Waals surface area contributed by atoms with Crippen molar-refractivity contribution in [3.63, 3.8) is 0 Å². The normalized spacial score (nSPS) is 41.5. The highest BCUT2D eigenvalue weighted by Crippen LogP contribution is 2.64. The van der Waals surface area contributed by atoms with Crippen LogP contribution < -0.4 is 0 Å². The summed E-state index contributed by atoms with van der Waals surface area (Å²) in [5, 5.41) is 9.44. The molecule has 104 valence electrons. The predicted molar refractivity (Wildman–Crippen MR) is 79.9 cm³/mol.